The van der Waals surface area contributed by atoms with E-state index < -0.39 is 6.10 Å². The van der Waals surface area contributed by atoms with Gasteiger partial charge < -0.3 is 19.3 Å². The van der Waals surface area contributed by atoms with E-state index in [1.807, 2.05) is 13.8 Å². The first-order chi connectivity index (χ1) is 12.5. The number of unbranched alkanes of at least 4 members (excludes halogenated alkanes) is 8. The smallest absolute Gasteiger partial charge is 0.305 e. The van der Waals surface area contributed by atoms with Gasteiger partial charge in [-0.1, -0.05) is 58.3 Å². The van der Waals surface area contributed by atoms with Crippen molar-refractivity contribution in [1.29, 1.82) is 0 Å². The molecule has 0 aromatic rings. The molecule has 156 valence electrons. The molecular weight excluding hydrogens is 332 g/mol. The summed E-state index contributed by atoms with van der Waals surface area (Å²) in [6, 6.07) is 0. The second-order valence-electron chi connectivity index (χ2n) is 7.40. The zero-order valence-corrected chi connectivity index (χ0v) is 17.5. The van der Waals surface area contributed by atoms with Crippen LogP contribution < -0.4 is 0 Å². The summed E-state index contributed by atoms with van der Waals surface area (Å²) in [6.45, 7) is 8.69. The maximum Gasteiger partial charge on any atom is 0.305 e. The second kappa shape index (κ2) is 17.7. The zero-order chi connectivity index (χ0) is 19.6. The van der Waals surface area contributed by atoms with Crippen LogP contribution in [0.15, 0.2) is 0 Å². The van der Waals surface area contributed by atoms with Crippen molar-refractivity contribution in [2.45, 2.75) is 110 Å². The van der Waals surface area contributed by atoms with Crippen molar-refractivity contribution in [3.8, 4) is 0 Å². The lowest BCUT2D eigenvalue weighted by Gasteiger charge is -2.18. The summed E-state index contributed by atoms with van der Waals surface area (Å²) < 4.78 is 16.3. The average molecular weight is 375 g/mol. The number of ether oxygens (including phenoxy) is 3. The Labute approximate surface area is 160 Å². The molecule has 0 rings (SSSR count). The van der Waals surface area contributed by atoms with Crippen molar-refractivity contribution in [1.82, 2.24) is 0 Å². The molecule has 3 unspecified atom stereocenters. The molecule has 0 radical (unpaired) electrons. The van der Waals surface area contributed by atoms with Crippen LogP contribution in [0, 0.1) is 0 Å². The lowest BCUT2D eigenvalue weighted by atomic mass is 10.1. The molecule has 0 aromatic heterocycles. The molecule has 0 fully saturated rings. The molecule has 1 N–H and O–H groups in total. The summed E-state index contributed by atoms with van der Waals surface area (Å²) in [5.41, 5.74) is 0. The van der Waals surface area contributed by atoms with E-state index >= 15 is 0 Å². The van der Waals surface area contributed by atoms with E-state index in [4.69, 9.17) is 19.3 Å². The predicted octanol–water partition coefficient (Wildman–Crippen LogP) is 4.64. The van der Waals surface area contributed by atoms with Crippen LogP contribution in [0.5, 0.6) is 0 Å². The number of hydrogen-bond donors (Lipinski definition) is 1. The minimum absolute atomic E-state index is 0.0928. The summed E-state index contributed by atoms with van der Waals surface area (Å²) in [5.74, 6) is -0.137. The third-order valence-corrected chi connectivity index (χ3v) is 4.20. The van der Waals surface area contributed by atoms with Crippen LogP contribution in [0.1, 0.15) is 91.9 Å². The number of hydrogen-bond acceptors (Lipinski definition) is 5. The largest absolute Gasteiger partial charge is 0.463 e. The van der Waals surface area contributed by atoms with Crippen molar-refractivity contribution in [3.05, 3.63) is 0 Å². The summed E-state index contributed by atoms with van der Waals surface area (Å²) in [6.07, 6.45) is 10.9. The van der Waals surface area contributed by atoms with Gasteiger partial charge in [0.05, 0.1) is 31.5 Å². The number of aliphatic hydroxyl groups excluding tert-OH is 1. The monoisotopic (exact) mass is 374 g/mol. The summed E-state index contributed by atoms with van der Waals surface area (Å²) >= 11 is 0. The third kappa shape index (κ3) is 18.2. The Morgan fingerprint density at radius 3 is 1.85 bits per heavy atom. The lowest BCUT2D eigenvalue weighted by Crippen LogP contribution is -2.26. The zero-order valence-electron chi connectivity index (χ0n) is 17.5. The number of aliphatic hydroxyl groups is 1. The molecule has 5 heteroatoms. The van der Waals surface area contributed by atoms with Gasteiger partial charge in [-0.15, -0.1) is 0 Å². The first-order valence-electron chi connectivity index (χ1n) is 10.5. The molecule has 26 heavy (non-hydrogen) atoms. The molecule has 0 bridgehead atoms. The van der Waals surface area contributed by atoms with Gasteiger partial charge in [0.2, 0.25) is 0 Å². The first kappa shape index (κ1) is 25.4. The Hall–Kier alpha value is -0.650. The van der Waals surface area contributed by atoms with Gasteiger partial charge in [-0.25, -0.2) is 0 Å². The van der Waals surface area contributed by atoms with Crippen LogP contribution in [0.4, 0.5) is 0 Å². The van der Waals surface area contributed by atoms with Gasteiger partial charge >= 0.3 is 5.97 Å². The Morgan fingerprint density at radius 1 is 0.769 bits per heavy atom. The lowest BCUT2D eigenvalue weighted by molar-refractivity contribution is -0.148. The highest BCUT2D eigenvalue weighted by atomic mass is 16.6. The molecule has 0 heterocycles. The topological polar surface area (TPSA) is 65.0 Å². The van der Waals surface area contributed by atoms with E-state index in [-0.39, 0.29) is 24.8 Å². The highest BCUT2D eigenvalue weighted by Gasteiger charge is 2.11. The fourth-order valence-corrected chi connectivity index (χ4v) is 2.56. The molecular formula is C21H42O5. The molecule has 3 atom stereocenters. The Kier molecular flexibility index (Phi) is 17.3. The van der Waals surface area contributed by atoms with Crippen molar-refractivity contribution in [2.75, 3.05) is 19.8 Å². The molecule has 5 nitrogen and oxygen atoms in total. The molecule has 0 aliphatic rings. The quantitative estimate of drug-likeness (QED) is 0.280. The van der Waals surface area contributed by atoms with Gasteiger partial charge in [0, 0.05) is 6.42 Å². The Bertz CT molecular complexity index is 320. The van der Waals surface area contributed by atoms with E-state index in [1.165, 1.54) is 44.9 Å². The molecule has 0 saturated carbocycles. The van der Waals surface area contributed by atoms with Crippen LogP contribution in [0.2, 0.25) is 0 Å². The molecule has 0 aromatic carbocycles. The molecule has 0 amide bonds. The predicted molar refractivity (Wildman–Crippen MR) is 105 cm³/mol. The Morgan fingerprint density at radius 2 is 1.27 bits per heavy atom. The number of rotatable bonds is 18. The minimum Gasteiger partial charge on any atom is -0.463 e. The SMILES string of the molecule is CCCCCCCCCCCC(=O)OCC(C)OCC(C)OCC(C)O. The second-order valence-corrected chi connectivity index (χ2v) is 7.40. The fourth-order valence-electron chi connectivity index (χ4n) is 2.56. The van der Waals surface area contributed by atoms with E-state index in [0.717, 1.165) is 12.8 Å². The maximum atomic E-state index is 11.7. The number of esters is 1. The van der Waals surface area contributed by atoms with Gasteiger partial charge in [0.25, 0.3) is 0 Å². The number of carbonyl (C=O) groups excluding carboxylic acids is 1. The summed E-state index contributed by atoms with van der Waals surface area (Å²) in [4.78, 5) is 11.7. The van der Waals surface area contributed by atoms with Crippen LogP contribution in [-0.4, -0.2) is 49.2 Å². The fraction of sp³-hybridized carbons (Fsp3) is 0.952. The highest BCUT2D eigenvalue weighted by molar-refractivity contribution is 5.69. The molecule has 0 aliphatic heterocycles. The van der Waals surface area contributed by atoms with Gasteiger partial charge in [-0.05, 0) is 27.2 Å². The molecule has 0 saturated heterocycles. The summed E-state index contributed by atoms with van der Waals surface area (Å²) in [5, 5.41) is 9.16. The van der Waals surface area contributed by atoms with Crippen molar-refractivity contribution in [2.24, 2.45) is 0 Å². The third-order valence-electron chi connectivity index (χ3n) is 4.20. The highest BCUT2D eigenvalue weighted by Crippen LogP contribution is 2.11. The number of carbonyl (C=O) groups is 1. The van der Waals surface area contributed by atoms with Crippen LogP contribution in [0.3, 0.4) is 0 Å². The molecule has 0 spiro atoms. The van der Waals surface area contributed by atoms with E-state index in [2.05, 4.69) is 6.92 Å². The van der Waals surface area contributed by atoms with Crippen LogP contribution >= 0.6 is 0 Å². The van der Waals surface area contributed by atoms with Crippen molar-refractivity contribution < 1.29 is 24.1 Å². The van der Waals surface area contributed by atoms with Crippen LogP contribution in [0.25, 0.3) is 0 Å². The molecule has 0 aliphatic carbocycles. The average Bonchev–Trinajstić information content (AvgIpc) is 2.61. The van der Waals surface area contributed by atoms with Gasteiger partial charge in [0.1, 0.15) is 6.61 Å². The van der Waals surface area contributed by atoms with Gasteiger partial charge in [-0.3, -0.25) is 4.79 Å². The normalized spacial score (nSPS) is 14.8. The van der Waals surface area contributed by atoms with Crippen molar-refractivity contribution >= 4 is 5.97 Å². The van der Waals surface area contributed by atoms with E-state index in [0.29, 0.717) is 19.6 Å². The van der Waals surface area contributed by atoms with E-state index in [9.17, 15) is 4.79 Å². The Balaban J connectivity index is 3.46. The maximum absolute atomic E-state index is 11.7. The van der Waals surface area contributed by atoms with Gasteiger partial charge in [-0.2, -0.15) is 0 Å². The summed E-state index contributed by atoms with van der Waals surface area (Å²) in [7, 11) is 0. The first-order valence-corrected chi connectivity index (χ1v) is 10.5. The van der Waals surface area contributed by atoms with Gasteiger partial charge in [0.15, 0.2) is 0 Å². The minimum atomic E-state index is -0.475. The standard InChI is InChI=1S/C21H42O5/c1-5-6-7-8-9-10-11-12-13-14-21(23)26-17-20(4)25-16-19(3)24-15-18(2)22/h18-20,22H,5-17H2,1-4H3. The van der Waals surface area contributed by atoms with E-state index in [1.54, 1.807) is 6.92 Å². The van der Waals surface area contributed by atoms with Crippen molar-refractivity contribution in [3.63, 3.8) is 0 Å². The van der Waals surface area contributed by atoms with Crippen LogP contribution in [-0.2, 0) is 19.0 Å².